The summed E-state index contributed by atoms with van der Waals surface area (Å²) in [7, 11) is 0. The van der Waals surface area contributed by atoms with Gasteiger partial charge in [-0.1, -0.05) is 56.8 Å². The number of benzene rings is 1. The van der Waals surface area contributed by atoms with Crippen molar-refractivity contribution in [1.82, 2.24) is 0 Å². The maximum atomic E-state index is 13.3. The van der Waals surface area contributed by atoms with Gasteiger partial charge < -0.3 is 4.52 Å². The van der Waals surface area contributed by atoms with Crippen molar-refractivity contribution >= 4 is 23.3 Å². The Labute approximate surface area is 133 Å². The van der Waals surface area contributed by atoms with Gasteiger partial charge in [0.05, 0.1) is 6.10 Å². The molecule has 1 fully saturated rings. The third-order valence-electron chi connectivity index (χ3n) is 4.55. The Hall–Kier alpha value is -0.240. The van der Waals surface area contributed by atoms with E-state index >= 15 is 0 Å². The van der Waals surface area contributed by atoms with Gasteiger partial charge in [-0.2, -0.15) is 0 Å². The van der Waals surface area contributed by atoms with Crippen LogP contribution in [-0.4, -0.2) is 12.4 Å². The Kier molecular flexibility index (Phi) is 5.99. The third-order valence-corrected chi connectivity index (χ3v) is 8.84. The van der Waals surface area contributed by atoms with Crippen LogP contribution in [-0.2, 0) is 9.09 Å². The average molecular weight is 326 g/mol. The maximum Gasteiger partial charge on any atom is 0.287 e. The molecule has 0 heterocycles. The van der Waals surface area contributed by atoms with Crippen molar-refractivity contribution in [3.05, 3.63) is 30.3 Å². The second-order valence-electron chi connectivity index (χ2n) is 6.49. The molecule has 2 rings (SSSR count). The van der Waals surface area contributed by atoms with E-state index in [1.165, 1.54) is 24.2 Å². The minimum atomic E-state index is -2.81. The molecule has 1 saturated carbocycles. The summed E-state index contributed by atoms with van der Waals surface area (Å²) in [5.74, 6) is 1.76. The van der Waals surface area contributed by atoms with Crippen molar-refractivity contribution in [2.75, 3.05) is 6.26 Å². The standard InChI is InChI=1S/C17H27O2PS/c1-13(2)16-11-10-14(3)12-17(16)19-20(18,21-4)15-8-6-5-7-9-15/h5-9,13-14,16-17H,10-12H2,1-4H3/t14-,16+,17-,20+/m1/s1. The highest BCUT2D eigenvalue weighted by Gasteiger charge is 2.37. The van der Waals surface area contributed by atoms with E-state index in [0.29, 0.717) is 17.8 Å². The van der Waals surface area contributed by atoms with Gasteiger partial charge in [0.15, 0.2) is 0 Å². The summed E-state index contributed by atoms with van der Waals surface area (Å²) < 4.78 is 19.5. The predicted octanol–water partition coefficient (Wildman–Crippen LogP) is 5.35. The number of hydrogen-bond donors (Lipinski definition) is 0. The van der Waals surface area contributed by atoms with Gasteiger partial charge in [-0.25, -0.2) is 0 Å². The second-order valence-corrected chi connectivity index (χ2v) is 11.1. The second kappa shape index (κ2) is 7.35. The molecule has 1 aromatic rings. The molecule has 1 aliphatic carbocycles. The molecule has 0 aliphatic heterocycles. The van der Waals surface area contributed by atoms with Gasteiger partial charge in [-0.05, 0) is 49.0 Å². The quantitative estimate of drug-likeness (QED) is 0.683. The Morgan fingerprint density at radius 3 is 2.48 bits per heavy atom. The van der Waals surface area contributed by atoms with Crippen LogP contribution in [0.1, 0.15) is 40.0 Å². The molecule has 2 nitrogen and oxygen atoms in total. The van der Waals surface area contributed by atoms with Crippen molar-refractivity contribution in [2.24, 2.45) is 17.8 Å². The van der Waals surface area contributed by atoms with Crippen molar-refractivity contribution < 1.29 is 9.09 Å². The lowest BCUT2D eigenvalue weighted by Crippen LogP contribution is -2.34. The van der Waals surface area contributed by atoms with E-state index in [9.17, 15) is 4.57 Å². The van der Waals surface area contributed by atoms with E-state index in [-0.39, 0.29) is 6.10 Å². The van der Waals surface area contributed by atoms with Gasteiger partial charge in [-0.3, -0.25) is 4.57 Å². The molecule has 1 aliphatic rings. The molecule has 0 amide bonds. The van der Waals surface area contributed by atoms with Crippen LogP contribution in [0.5, 0.6) is 0 Å². The normalized spacial score (nSPS) is 29.3. The van der Waals surface area contributed by atoms with E-state index in [2.05, 4.69) is 20.8 Å². The number of hydrogen-bond acceptors (Lipinski definition) is 3. The minimum Gasteiger partial charge on any atom is -0.314 e. The van der Waals surface area contributed by atoms with E-state index in [1.54, 1.807) is 0 Å². The minimum absolute atomic E-state index is 0.118. The summed E-state index contributed by atoms with van der Waals surface area (Å²) in [6.45, 7) is 3.98. The van der Waals surface area contributed by atoms with Gasteiger partial charge in [0.2, 0.25) is 0 Å². The lowest BCUT2D eigenvalue weighted by Gasteiger charge is -2.38. The lowest BCUT2D eigenvalue weighted by molar-refractivity contribution is 0.0527. The van der Waals surface area contributed by atoms with Crippen molar-refractivity contribution in [2.45, 2.75) is 46.1 Å². The van der Waals surface area contributed by atoms with Crippen molar-refractivity contribution in [1.29, 1.82) is 0 Å². The molecule has 1 aromatic carbocycles. The summed E-state index contributed by atoms with van der Waals surface area (Å²) in [6.07, 6.45) is 5.49. The zero-order valence-electron chi connectivity index (χ0n) is 13.5. The van der Waals surface area contributed by atoms with E-state index in [0.717, 1.165) is 11.7 Å². The molecule has 0 N–H and O–H groups in total. The average Bonchev–Trinajstić information content (AvgIpc) is 2.47. The SMILES string of the molecule is CS[P@@](=O)(O[C@@H]1C[C@H](C)CC[C@H]1C(C)C)c1ccccc1. The first-order valence-electron chi connectivity index (χ1n) is 7.86. The first-order valence-corrected chi connectivity index (χ1v) is 11.3. The zero-order valence-corrected chi connectivity index (χ0v) is 15.2. The fourth-order valence-electron chi connectivity index (χ4n) is 3.23. The lowest BCUT2D eigenvalue weighted by atomic mass is 9.75. The van der Waals surface area contributed by atoms with Gasteiger partial charge in [0.1, 0.15) is 0 Å². The summed E-state index contributed by atoms with van der Waals surface area (Å²) in [4.78, 5) is 0. The molecular weight excluding hydrogens is 299 g/mol. The molecule has 0 bridgehead atoms. The van der Waals surface area contributed by atoms with Gasteiger partial charge in [-0.15, -0.1) is 0 Å². The maximum absolute atomic E-state index is 13.3. The van der Waals surface area contributed by atoms with Crippen LogP contribution in [0.15, 0.2) is 30.3 Å². The fraction of sp³-hybridized carbons (Fsp3) is 0.647. The van der Waals surface area contributed by atoms with Crippen LogP contribution in [0, 0.1) is 17.8 Å². The number of rotatable bonds is 5. The van der Waals surface area contributed by atoms with Gasteiger partial charge in [0, 0.05) is 5.30 Å². The smallest absolute Gasteiger partial charge is 0.287 e. The van der Waals surface area contributed by atoms with E-state index < -0.39 is 6.57 Å². The topological polar surface area (TPSA) is 26.3 Å². The highest BCUT2D eigenvalue weighted by Crippen LogP contribution is 2.59. The molecule has 0 unspecified atom stereocenters. The molecule has 0 aromatic heterocycles. The third kappa shape index (κ3) is 4.15. The van der Waals surface area contributed by atoms with Crippen LogP contribution in [0.4, 0.5) is 0 Å². The Morgan fingerprint density at radius 1 is 1.24 bits per heavy atom. The predicted molar refractivity (Wildman–Crippen MR) is 93.4 cm³/mol. The molecule has 0 saturated heterocycles. The van der Waals surface area contributed by atoms with Crippen LogP contribution in [0.25, 0.3) is 0 Å². The van der Waals surface area contributed by atoms with Crippen LogP contribution < -0.4 is 5.30 Å². The van der Waals surface area contributed by atoms with Gasteiger partial charge in [0.25, 0.3) is 6.57 Å². The largest absolute Gasteiger partial charge is 0.314 e. The zero-order chi connectivity index (χ0) is 15.5. The summed E-state index contributed by atoms with van der Waals surface area (Å²) >= 11 is 1.37. The summed E-state index contributed by atoms with van der Waals surface area (Å²) in [5.41, 5.74) is 0. The Bertz CT molecular complexity index is 489. The molecule has 4 atom stereocenters. The van der Waals surface area contributed by atoms with Crippen molar-refractivity contribution in [3.63, 3.8) is 0 Å². The van der Waals surface area contributed by atoms with Crippen LogP contribution in [0.2, 0.25) is 0 Å². The first-order chi connectivity index (χ1) is 9.96. The van der Waals surface area contributed by atoms with Crippen LogP contribution in [0.3, 0.4) is 0 Å². The molecule has 118 valence electrons. The Morgan fingerprint density at radius 2 is 1.90 bits per heavy atom. The highest BCUT2D eigenvalue weighted by atomic mass is 32.7. The molecule has 21 heavy (non-hydrogen) atoms. The Balaban J connectivity index is 2.21. The fourth-order valence-corrected chi connectivity index (χ4v) is 6.38. The molecule has 4 heteroatoms. The van der Waals surface area contributed by atoms with E-state index in [1.807, 2.05) is 36.6 Å². The first kappa shape index (κ1) is 17.1. The van der Waals surface area contributed by atoms with Gasteiger partial charge >= 0.3 is 0 Å². The monoisotopic (exact) mass is 326 g/mol. The summed E-state index contributed by atoms with van der Waals surface area (Å²) in [6, 6.07) is 9.67. The molecular formula is C17H27O2PS. The van der Waals surface area contributed by atoms with E-state index in [4.69, 9.17) is 4.52 Å². The summed E-state index contributed by atoms with van der Waals surface area (Å²) in [5, 5.41) is 0.832. The highest BCUT2D eigenvalue weighted by molar-refractivity contribution is 8.58. The van der Waals surface area contributed by atoms with Crippen LogP contribution >= 0.6 is 18.0 Å². The molecule has 0 radical (unpaired) electrons. The van der Waals surface area contributed by atoms with Crippen molar-refractivity contribution in [3.8, 4) is 0 Å². The molecule has 0 spiro atoms.